The highest BCUT2D eigenvalue weighted by Crippen LogP contribution is 2.43. The van der Waals surface area contributed by atoms with Crippen LogP contribution in [0.4, 0.5) is 0 Å². The highest BCUT2D eigenvalue weighted by molar-refractivity contribution is 7.89. The molecule has 39 heavy (non-hydrogen) atoms. The third kappa shape index (κ3) is 4.87. The molecule has 0 saturated carbocycles. The second-order valence-electron chi connectivity index (χ2n) is 10.7. The van der Waals surface area contributed by atoms with E-state index < -0.39 is 22.4 Å². The van der Waals surface area contributed by atoms with Gasteiger partial charge in [0, 0.05) is 38.1 Å². The number of aliphatic hydroxyl groups is 2. The fraction of sp³-hybridized carbons (Fsp3) is 0.433. The van der Waals surface area contributed by atoms with E-state index in [1.807, 2.05) is 0 Å². The number of sulfonamides is 1. The van der Waals surface area contributed by atoms with E-state index in [1.54, 1.807) is 0 Å². The number of hydrogen-bond donors (Lipinski definition) is 2. The molecule has 208 valence electrons. The Morgan fingerprint density at radius 1 is 0.974 bits per heavy atom. The van der Waals surface area contributed by atoms with E-state index in [0.29, 0.717) is 19.5 Å². The van der Waals surface area contributed by atoms with Gasteiger partial charge in [-0.05, 0) is 73.2 Å². The summed E-state index contributed by atoms with van der Waals surface area (Å²) < 4.78 is 30.5. The molecule has 0 radical (unpaired) electrons. The molecular formula is C30H37N3O5S. The third-order valence-corrected chi connectivity index (χ3v) is 10.6. The van der Waals surface area contributed by atoms with Crippen LogP contribution in [-0.2, 0) is 17.1 Å². The average molecular weight is 552 g/mol. The van der Waals surface area contributed by atoms with Gasteiger partial charge in [-0.3, -0.25) is 9.69 Å². The minimum Gasteiger partial charge on any atom is -0.395 e. The summed E-state index contributed by atoms with van der Waals surface area (Å²) >= 11 is 0. The minimum absolute atomic E-state index is 0.00148. The molecule has 0 amide bonds. The molecule has 2 fully saturated rings. The Morgan fingerprint density at radius 3 is 2.38 bits per heavy atom. The van der Waals surface area contributed by atoms with Crippen molar-refractivity contribution >= 4 is 15.8 Å². The number of hydrogen-bond acceptors (Lipinski definition) is 6. The maximum absolute atomic E-state index is 13.8. The van der Waals surface area contributed by atoms with E-state index in [0.717, 1.165) is 24.1 Å². The Hall–Kier alpha value is -2.82. The first-order valence-corrected chi connectivity index (χ1v) is 15.0. The van der Waals surface area contributed by atoms with Crippen LogP contribution < -0.4 is 0 Å². The maximum atomic E-state index is 13.8. The molecule has 3 atom stereocenters. The van der Waals surface area contributed by atoms with Gasteiger partial charge in [-0.2, -0.15) is 4.31 Å². The van der Waals surface area contributed by atoms with E-state index in [9.17, 15) is 23.4 Å². The van der Waals surface area contributed by atoms with Crippen LogP contribution in [0.3, 0.4) is 0 Å². The number of aliphatic hydroxyl groups excluding tert-OH is 2. The largest absolute Gasteiger partial charge is 0.395 e. The van der Waals surface area contributed by atoms with Gasteiger partial charge in [0.1, 0.15) is 6.61 Å². The van der Waals surface area contributed by atoms with Crippen LogP contribution in [0.2, 0.25) is 0 Å². The predicted octanol–water partition coefficient (Wildman–Crippen LogP) is 3.10. The first kappa shape index (κ1) is 27.7. The summed E-state index contributed by atoms with van der Waals surface area (Å²) in [5.41, 5.74) is 6.08. The summed E-state index contributed by atoms with van der Waals surface area (Å²) in [6.07, 6.45) is 1.54. The van der Waals surface area contributed by atoms with Crippen molar-refractivity contribution in [2.45, 2.75) is 49.7 Å². The van der Waals surface area contributed by atoms with Crippen LogP contribution in [0.5, 0.6) is 0 Å². The lowest BCUT2D eigenvalue weighted by molar-refractivity contribution is -0.0554. The van der Waals surface area contributed by atoms with Gasteiger partial charge >= 0.3 is 0 Å². The monoisotopic (exact) mass is 551 g/mol. The van der Waals surface area contributed by atoms with Crippen molar-refractivity contribution in [2.75, 3.05) is 32.8 Å². The number of ketones is 1. The van der Waals surface area contributed by atoms with Crippen molar-refractivity contribution in [3.8, 4) is 11.1 Å². The second kappa shape index (κ2) is 11.0. The van der Waals surface area contributed by atoms with Gasteiger partial charge in [-0.1, -0.05) is 42.5 Å². The highest BCUT2D eigenvalue weighted by atomic mass is 32.2. The minimum atomic E-state index is -3.88. The molecule has 2 aromatic carbocycles. The van der Waals surface area contributed by atoms with E-state index in [-0.39, 0.29) is 35.3 Å². The molecule has 2 N–H and O–H groups in total. The fourth-order valence-electron chi connectivity index (χ4n) is 6.32. The molecule has 2 aliphatic heterocycles. The number of Topliss-reactive ketones (excluding diaryl/α,β-unsaturated/α-hetero) is 1. The normalized spacial score (nSPS) is 22.5. The summed E-state index contributed by atoms with van der Waals surface area (Å²) in [4.78, 5) is 14.3. The molecule has 0 bridgehead atoms. The fourth-order valence-corrected chi connectivity index (χ4v) is 7.99. The lowest BCUT2D eigenvalue weighted by Crippen LogP contribution is -2.67. The standard InChI is InChI=1S/C30H37N3O5S/c1-20-7-6-8-24(21(20)2)22-9-11-23(12-10-22)30-26-17-32(15-4-5-16-33(26)27(30)18-34)39(37,38)29-14-13-25(31(29)3)28(36)19-35/h6-14,26-27,30,34-35H,4-5,15-19H2,1-3H3/t26?,27-,30+/m1/s1. The Morgan fingerprint density at radius 2 is 1.69 bits per heavy atom. The first-order valence-electron chi connectivity index (χ1n) is 13.5. The number of aryl methyl sites for hydroxylation is 1. The quantitative estimate of drug-likeness (QED) is 0.438. The summed E-state index contributed by atoms with van der Waals surface area (Å²) in [5, 5.41) is 19.6. The Bertz CT molecular complexity index is 1460. The Labute approximate surface area is 230 Å². The van der Waals surface area contributed by atoms with Gasteiger partial charge in [0.05, 0.1) is 12.3 Å². The third-order valence-electron chi connectivity index (χ3n) is 8.65. The maximum Gasteiger partial charge on any atom is 0.258 e. The molecule has 0 spiro atoms. The summed E-state index contributed by atoms with van der Waals surface area (Å²) in [6.45, 7) is 5.09. The van der Waals surface area contributed by atoms with E-state index in [2.05, 4.69) is 61.2 Å². The summed E-state index contributed by atoms with van der Waals surface area (Å²) in [5.74, 6) is -0.523. The molecule has 8 nitrogen and oxygen atoms in total. The van der Waals surface area contributed by atoms with Crippen LogP contribution in [-0.4, -0.2) is 83.1 Å². The van der Waals surface area contributed by atoms with E-state index >= 15 is 0 Å². The van der Waals surface area contributed by atoms with Gasteiger partial charge in [-0.15, -0.1) is 0 Å². The average Bonchev–Trinajstić information content (AvgIpc) is 3.31. The van der Waals surface area contributed by atoms with Crippen molar-refractivity contribution in [1.82, 2.24) is 13.8 Å². The molecule has 2 aliphatic rings. The zero-order valence-electron chi connectivity index (χ0n) is 22.7. The number of carbonyl (C=O) groups is 1. The zero-order valence-corrected chi connectivity index (χ0v) is 23.6. The topological polar surface area (TPSA) is 103 Å². The number of nitrogens with zero attached hydrogens (tertiary/aromatic N) is 3. The summed E-state index contributed by atoms with van der Waals surface area (Å²) in [6, 6.07) is 17.5. The first-order chi connectivity index (χ1) is 18.7. The molecule has 3 heterocycles. The van der Waals surface area contributed by atoms with Crippen LogP contribution >= 0.6 is 0 Å². The molecular weight excluding hydrogens is 514 g/mol. The molecule has 0 aliphatic carbocycles. The number of carbonyl (C=O) groups excluding carboxylic acids is 1. The van der Waals surface area contributed by atoms with Crippen LogP contribution in [0.15, 0.2) is 59.6 Å². The van der Waals surface area contributed by atoms with Crippen molar-refractivity contribution in [2.24, 2.45) is 7.05 Å². The molecule has 2 saturated heterocycles. The van der Waals surface area contributed by atoms with Gasteiger partial charge in [0.25, 0.3) is 10.0 Å². The molecule has 9 heteroatoms. The zero-order chi connectivity index (χ0) is 27.9. The number of rotatable bonds is 7. The lowest BCUT2D eigenvalue weighted by Gasteiger charge is -2.57. The summed E-state index contributed by atoms with van der Waals surface area (Å²) in [7, 11) is -2.34. The van der Waals surface area contributed by atoms with Gasteiger partial charge in [0.15, 0.2) is 5.03 Å². The van der Waals surface area contributed by atoms with Crippen LogP contribution in [0, 0.1) is 13.8 Å². The van der Waals surface area contributed by atoms with Crippen molar-refractivity contribution in [3.05, 3.63) is 77.0 Å². The molecule has 1 unspecified atom stereocenters. The highest BCUT2D eigenvalue weighted by Gasteiger charge is 2.50. The Balaban J connectivity index is 1.44. The molecule has 3 aromatic rings. The smallest absolute Gasteiger partial charge is 0.258 e. The van der Waals surface area contributed by atoms with Crippen molar-refractivity contribution in [1.29, 1.82) is 0 Å². The lowest BCUT2D eigenvalue weighted by atomic mass is 9.74. The second-order valence-corrected chi connectivity index (χ2v) is 12.6. The van der Waals surface area contributed by atoms with Gasteiger partial charge in [0.2, 0.25) is 5.78 Å². The number of aromatic nitrogens is 1. The van der Waals surface area contributed by atoms with Crippen LogP contribution in [0.1, 0.15) is 45.9 Å². The van der Waals surface area contributed by atoms with Gasteiger partial charge in [-0.25, -0.2) is 8.42 Å². The van der Waals surface area contributed by atoms with E-state index in [1.165, 1.54) is 44.7 Å². The number of benzene rings is 2. The number of fused-ring (bicyclic) bond motifs is 1. The van der Waals surface area contributed by atoms with Crippen molar-refractivity contribution in [3.63, 3.8) is 0 Å². The Kier molecular flexibility index (Phi) is 7.81. The SMILES string of the molecule is Cc1cccc(-c2ccc([C@H]3C4CN(S(=O)(=O)c5ccc(C(=O)CO)n5C)CCCCN4[C@@H]3CO)cc2)c1C. The van der Waals surface area contributed by atoms with Crippen molar-refractivity contribution < 1.29 is 23.4 Å². The molecule has 1 aromatic heterocycles. The van der Waals surface area contributed by atoms with Gasteiger partial charge < -0.3 is 14.8 Å². The molecule has 5 rings (SSSR count). The predicted molar refractivity (Wildman–Crippen MR) is 150 cm³/mol. The van der Waals surface area contributed by atoms with E-state index in [4.69, 9.17) is 0 Å². The van der Waals surface area contributed by atoms with Crippen LogP contribution in [0.25, 0.3) is 11.1 Å².